The minimum absolute atomic E-state index is 0.0187. The molecule has 1 aliphatic heterocycles. The summed E-state index contributed by atoms with van der Waals surface area (Å²) < 4.78 is 35.3. The molecule has 14 heavy (non-hydrogen) atoms. The lowest BCUT2D eigenvalue weighted by Crippen LogP contribution is -2.59. The number of nitrogens with one attached hydrogen (secondary N) is 1. The monoisotopic (exact) mass is 210 g/mol. The molecule has 0 aromatic carbocycles. The van der Waals surface area contributed by atoms with Gasteiger partial charge in [-0.3, -0.25) is 4.79 Å². The summed E-state index contributed by atoms with van der Waals surface area (Å²) in [5.74, 6) is -0.497. The highest BCUT2D eigenvalue weighted by Crippen LogP contribution is 2.26. The molecule has 1 fully saturated rings. The highest BCUT2D eigenvalue weighted by atomic mass is 19.4. The summed E-state index contributed by atoms with van der Waals surface area (Å²) in [6, 6.07) is -0.428. The Morgan fingerprint density at radius 1 is 1.50 bits per heavy atom. The van der Waals surface area contributed by atoms with Crippen LogP contribution in [0.15, 0.2) is 0 Å². The molecule has 0 aliphatic carbocycles. The quantitative estimate of drug-likeness (QED) is 0.720. The molecule has 82 valence electrons. The lowest BCUT2D eigenvalue weighted by molar-refractivity contribution is -0.136. The third-order valence-corrected chi connectivity index (χ3v) is 2.41. The number of primary amides is 1. The lowest BCUT2D eigenvalue weighted by atomic mass is 9.86. The van der Waals surface area contributed by atoms with E-state index in [-0.39, 0.29) is 12.3 Å². The first-order chi connectivity index (χ1) is 6.40. The summed E-state index contributed by atoms with van der Waals surface area (Å²) in [5, 5.41) is 2.79. The Bertz CT molecular complexity index is 217. The molecular formula is C8H13F3N2O. The summed E-state index contributed by atoms with van der Waals surface area (Å²) in [6.07, 6.45) is -4.41. The smallest absolute Gasteiger partial charge is 0.368 e. The largest absolute Gasteiger partial charge is 0.389 e. The highest BCUT2D eigenvalue weighted by molar-refractivity contribution is 5.81. The molecule has 3 N–H and O–H groups in total. The van der Waals surface area contributed by atoms with Crippen molar-refractivity contribution in [1.82, 2.24) is 5.32 Å². The third-order valence-electron chi connectivity index (χ3n) is 2.41. The van der Waals surface area contributed by atoms with Gasteiger partial charge in [0, 0.05) is 13.0 Å². The molecule has 0 aromatic rings. The molecule has 1 amide bonds. The van der Waals surface area contributed by atoms with Crippen LogP contribution in [0.5, 0.6) is 0 Å². The maximum Gasteiger partial charge on any atom is 0.389 e. The zero-order chi connectivity index (χ0) is 10.8. The Kier molecular flexibility index (Phi) is 3.36. The molecule has 1 saturated heterocycles. The van der Waals surface area contributed by atoms with Crippen LogP contribution < -0.4 is 11.1 Å². The van der Waals surface area contributed by atoms with Crippen LogP contribution in [0.3, 0.4) is 0 Å². The Balaban J connectivity index is 2.17. The Hall–Kier alpha value is -0.780. The fourth-order valence-corrected chi connectivity index (χ4v) is 1.57. The van der Waals surface area contributed by atoms with Gasteiger partial charge in [-0.05, 0) is 18.8 Å². The van der Waals surface area contributed by atoms with Crippen LogP contribution in [0.2, 0.25) is 0 Å². The van der Waals surface area contributed by atoms with Gasteiger partial charge in [-0.15, -0.1) is 0 Å². The third kappa shape index (κ3) is 3.17. The molecule has 0 bridgehead atoms. The van der Waals surface area contributed by atoms with Crippen LogP contribution >= 0.6 is 0 Å². The molecular weight excluding hydrogens is 197 g/mol. The van der Waals surface area contributed by atoms with Crippen LogP contribution in [0.25, 0.3) is 0 Å². The maximum atomic E-state index is 11.8. The van der Waals surface area contributed by atoms with Crippen molar-refractivity contribution in [3.63, 3.8) is 0 Å². The predicted molar refractivity (Wildman–Crippen MR) is 44.4 cm³/mol. The van der Waals surface area contributed by atoms with Crippen molar-refractivity contribution in [3.8, 4) is 0 Å². The topological polar surface area (TPSA) is 55.1 Å². The van der Waals surface area contributed by atoms with E-state index in [4.69, 9.17) is 5.73 Å². The molecule has 0 aromatic heterocycles. The number of halogens is 3. The van der Waals surface area contributed by atoms with Gasteiger partial charge >= 0.3 is 6.18 Å². The Labute approximate surface area is 79.8 Å². The standard InChI is InChI=1S/C8H13F3N2O/c9-8(10,11)3-1-2-5-4-13-6(5)7(12)14/h5-6,13H,1-4H2,(H2,12,14). The zero-order valence-electron chi connectivity index (χ0n) is 7.60. The van der Waals surface area contributed by atoms with E-state index < -0.39 is 24.5 Å². The summed E-state index contributed by atoms with van der Waals surface area (Å²) >= 11 is 0. The molecule has 1 heterocycles. The van der Waals surface area contributed by atoms with Gasteiger partial charge < -0.3 is 11.1 Å². The van der Waals surface area contributed by atoms with Gasteiger partial charge in [0.25, 0.3) is 0 Å². The van der Waals surface area contributed by atoms with E-state index in [9.17, 15) is 18.0 Å². The first-order valence-electron chi connectivity index (χ1n) is 4.49. The van der Waals surface area contributed by atoms with E-state index in [0.717, 1.165) is 0 Å². The van der Waals surface area contributed by atoms with Crippen LogP contribution in [0, 0.1) is 5.92 Å². The van der Waals surface area contributed by atoms with Crippen LogP contribution in [0.1, 0.15) is 19.3 Å². The number of carbonyl (C=O) groups excluding carboxylic acids is 1. The number of amides is 1. The van der Waals surface area contributed by atoms with Gasteiger partial charge in [-0.25, -0.2) is 0 Å². The van der Waals surface area contributed by atoms with Gasteiger partial charge in [0.2, 0.25) is 5.91 Å². The average molecular weight is 210 g/mol. The number of carbonyl (C=O) groups is 1. The fourth-order valence-electron chi connectivity index (χ4n) is 1.57. The summed E-state index contributed by atoms with van der Waals surface area (Å²) in [4.78, 5) is 10.7. The van der Waals surface area contributed by atoms with Crippen LogP contribution in [0.4, 0.5) is 13.2 Å². The second-order valence-corrected chi connectivity index (χ2v) is 3.56. The van der Waals surface area contributed by atoms with E-state index in [1.165, 1.54) is 0 Å². The summed E-state index contributed by atoms with van der Waals surface area (Å²) in [6.45, 7) is 0.589. The Morgan fingerprint density at radius 3 is 2.50 bits per heavy atom. The van der Waals surface area contributed by atoms with Crippen molar-refractivity contribution < 1.29 is 18.0 Å². The van der Waals surface area contributed by atoms with Crippen LogP contribution in [-0.2, 0) is 4.79 Å². The van der Waals surface area contributed by atoms with E-state index in [2.05, 4.69) is 5.32 Å². The van der Waals surface area contributed by atoms with Crippen molar-refractivity contribution in [3.05, 3.63) is 0 Å². The number of hydrogen-bond donors (Lipinski definition) is 2. The lowest BCUT2D eigenvalue weighted by Gasteiger charge is -2.35. The van der Waals surface area contributed by atoms with Crippen LogP contribution in [-0.4, -0.2) is 24.7 Å². The molecule has 3 nitrogen and oxygen atoms in total. The van der Waals surface area contributed by atoms with Gasteiger partial charge in [0.05, 0.1) is 6.04 Å². The summed E-state index contributed by atoms with van der Waals surface area (Å²) in [7, 11) is 0. The van der Waals surface area contributed by atoms with Crippen molar-refractivity contribution in [1.29, 1.82) is 0 Å². The SMILES string of the molecule is NC(=O)C1NCC1CCCC(F)(F)F. The first kappa shape index (κ1) is 11.3. The Morgan fingerprint density at radius 2 is 2.14 bits per heavy atom. The fraction of sp³-hybridized carbons (Fsp3) is 0.875. The average Bonchev–Trinajstić information content (AvgIpc) is 1.92. The van der Waals surface area contributed by atoms with Crippen molar-refractivity contribution in [2.75, 3.05) is 6.54 Å². The van der Waals surface area contributed by atoms with Gasteiger partial charge in [-0.1, -0.05) is 0 Å². The van der Waals surface area contributed by atoms with Crippen molar-refractivity contribution >= 4 is 5.91 Å². The normalized spacial score (nSPS) is 27.1. The minimum Gasteiger partial charge on any atom is -0.368 e. The van der Waals surface area contributed by atoms with E-state index >= 15 is 0 Å². The molecule has 0 spiro atoms. The molecule has 0 saturated carbocycles. The second-order valence-electron chi connectivity index (χ2n) is 3.56. The number of alkyl halides is 3. The predicted octanol–water partition coefficient (Wildman–Crippen LogP) is 0.792. The molecule has 1 aliphatic rings. The highest BCUT2D eigenvalue weighted by Gasteiger charge is 2.35. The zero-order valence-corrected chi connectivity index (χ0v) is 7.60. The van der Waals surface area contributed by atoms with Gasteiger partial charge in [-0.2, -0.15) is 13.2 Å². The molecule has 1 rings (SSSR count). The molecule has 2 unspecified atom stereocenters. The van der Waals surface area contributed by atoms with E-state index in [1.54, 1.807) is 0 Å². The number of nitrogens with two attached hydrogens (primary N) is 1. The maximum absolute atomic E-state index is 11.8. The second kappa shape index (κ2) is 4.16. The van der Waals surface area contributed by atoms with Crippen molar-refractivity contribution in [2.45, 2.75) is 31.5 Å². The molecule has 0 radical (unpaired) electrons. The van der Waals surface area contributed by atoms with E-state index in [1.807, 2.05) is 0 Å². The minimum atomic E-state index is -4.10. The first-order valence-corrected chi connectivity index (χ1v) is 4.49. The number of hydrogen-bond acceptors (Lipinski definition) is 2. The molecule has 6 heteroatoms. The van der Waals surface area contributed by atoms with E-state index in [0.29, 0.717) is 13.0 Å². The van der Waals surface area contributed by atoms with Gasteiger partial charge in [0.1, 0.15) is 0 Å². The molecule has 2 atom stereocenters. The van der Waals surface area contributed by atoms with Gasteiger partial charge in [0.15, 0.2) is 0 Å². The number of rotatable bonds is 4. The summed E-state index contributed by atoms with van der Waals surface area (Å²) in [5.41, 5.74) is 5.02. The van der Waals surface area contributed by atoms with Crippen molar-refractivity contribution in [2.24, 2.45) is 11.7 Å².